The maximum atomic E-state index is 13.0. The van der Waals surface area contributed by atoms with Gasteiger partial charge in [-0.25, -0.2) is 8.42 Å². The Bertz CT molecular complexity index is 1490. The quantitative estimate of drug-likeness (QED) is 0.386. The van der Waals surface area contributed by atoms with E-state index in [9.17, 15) is 18.0 Å². The number of carbonyl (C=O) groups is 2. The van der Waals surface area contributed by atoms with Crippen LogP contribution in [0.25, 0.3) is 10.8 Å². The summed E-state index contributed by atoms with van der Waals surface area (Å²) in [6.07, 6.45) is 0.652. The molecular weight excluding hydrogens is 468 g/mol. The van der Waals surface area contributed by atoms with Crippen LogP contribution in [0.4, 0.5) is 10.5 Å². The van der Waals surface area contributed by atoms with Crippen molar-refractivity contribution < 1.29 is 18.0 Å². The summed E-state index contributed by atoms with van der Waals surface area (Å²) in [4.78, 5) is 23.5. The highest BCUT2D eigenvalue weighted by molar-refractivity contribution is 8.15. The van der Waals surface area contributed by atoms with E-state index in [2.05, 4.69) is 10.0 Å². The van der Waals surface area contributed by atoms with E-state index in [0.717, 1.165) is 33.8 Å². The van der Waals surface area contributed by atoms with Gasteiger partial charge in [0.2, 0.25) is 5.91 Å². The summed E-state index contributed by atoms with van der Waals surface area (Å²) in [5.41, 5.74) is 3.34. The second-order valence-electron chi connectivity index (χ2n) is 7.97. The summed E-state index contributed by atoms with van der Waals surface area (Å²) >= 11 is 0.986. The van der Waals surface area contributed by atoms with Gasteiger partial charge in [0.25, 0.3) is 15.3 Å². The molecule has 1 aliphatic rings. The number of carbonyl (C=O) groups excluding carboxylic acids is 2. The molecule has 0 spiro atoms. The number of rotatable bonds is 6. The number of hydrogen-bond acceptors (Lipinski definition) is 5. The second kappa shape index (κ2) is 8.96. The van der Waals surface area contributed by atoms with E-state index in [0.29, 0.717) is 17.5 Å². The fourth-order valence-corrected chi connectivity index (χ4v) is 6.07. The number of fused-ring (bicyclic) bond motifs is 1. The van der Waals surface area contributed by atoms with Crippen LogP contribution in [-0.2, 0) is 21.2 Å². The fourth-order valence-electron chi connectivity index (χ4n) is 3.95. The van der Waals surface area contributed by atoms with E-state index in [4.69, 9.17) is 0 Å². The molecule has 0 saturated carbocycles. The first-order valence-corrected chi connectivity index (χ1v) is 13.0. The van der Waals surface area contributed by atoms with Crippen molar-refractivity contribution in [3.8, 4) is 0 Å². The monoisotopic (exact) mass is 488 g/mol. The van der Waals surface area contributed by atoms with Crippen molar-refractivity contribution in [1.82, 2.24) is 5.32 Å². The minimum Gasteiger partial charge on any atom is -0.286 e. The van der Waals surface area contributed by atoms with Gasteiger partial charge in [-0.05, 0) is 58.5 Å². The SMILES string of the molecule is O=C1NC(=O)C(c2ccc(Cc3ccc(NS(=O)(=O)c4cccc5ccccc45)cc3)cc2)S1. The Morgan fingerprint density at radius 1 is 0.794 bits per heavy atom. The summed E-state index contributed by atoms with van der Waals surface area (Å²) in [5.74, 6) is -0.288. The van der Waals surface area contributed by atoms with Crippen molar-refractivity contribution in [3.05, 3.63) is 108 Å². The molecule has 2 amide bonds. The number of hydrogen-bond donors (Lipinski definition) is 2. The van der Waals surface area contributed by atoms with E-state index in [-0.39, 0.29) is 16.0 Å². The number of nitrogens with one attached hydrogen (secondary N) is 2. The lowest BCUT2D eigenvalue weighted by molar-refractivity contribution is -0.119. The number of thioether (sulfide) groups is 1. The van der Waals surface area contributed by atoms with Crippen molar-refractivity contribution in [2.24, 2.45) is 0 Å². The number of anilines is 1. The topological polar surface area (TPSA) is 92.3 Å². The number of benzene rings is 4. The van der Waals surface area contributed by atoms with Crippen LogP contribution in [-0.4, -0.2) is 19.6 Å². The van der Waals surface area contributed by atoms with Gasteiger partial charge in [0.05, 0.1) is 4.90 Å². The molecule has 0 aromatic heterocycles. The summed E-state index contributed by atoms with van der Waals surface area (Å²) in [5, 5.41) is 3.01. The zero-order valence-corrected chi connectivity index (χ0v) is 19.5. The lowest BCUT2D eigenvalue weighted by Gasteiger charge is -2.11. The Kier molecular flexibility index (Phi) is 5.85. The van der Waals surface area contributed by atoms with Crippen LogP contribution < -0.4 is 10.0 Å². The molecule has 1 heterocycles. The molecule has 34 heavy (non-hydrogen) atoms. The molecule has 8 heteroatoms. The summed E-state index contributed by atoms with van der Waals surface area (Å²) in [7, 11) is -3.74. The third-order valence-corrected chi connectivity index (χ3v) is 8.10. The van der Waals surface area contributed by atoms with Gasteiger partial charge in [-0.1, -0.05) is 72.8 Å². The average molecular weight is 489 g/mol. The van der Waals surface area contributed by atoms with Gasteiger partial charge < -0.3 is 0 Å². The molecule has 0 radical (unpaired) electrons. The Morgan fingerprint density at radius 3 is 2.12 bits per heavy atom. The van der Waals surface area contributed by atoms with Crippen LogP contribution in [0, 0.1) is 0 Å². The van der Waals surface area contributed by atoms with Crippen molar-refractivity contribution >= 4 is 49.4 Å². The molecule has 5 rings (SSSR count). The van der Waals surface area contributed by atoms with Gasteiger partial charge in [-0.3, -0.25) is 19.6 Å². The minimum absolute atomic E-state index is 0.241. The maximum Gasteiger partial charge on any atom is 0.286 e. The molecule has 2 N–H and O–H groups in total. The zero-order chi connectivity index (χ0) is 23.7. The van der Waals surface area contributed by atoms with Crippen molar-refractivity contribution in [3.63, 3.8) is 0 Å². The lowest BCUT2D eigenvalue weighted by Crippen LogP contribution is -2.20. The molecule has 1 fully saturated rings. The standard InChI is InChI=1S/C26H20N2O4S2/c29-25-24(33-26(30)27-25)20-12-8-17(9-13-20)16-18-10-14-21(15-11-18)28-34(31,32)23-7-3-5-19-4-1-2-6-22(19)23/h1-15,24,28H,16H2,(H,27,29,30). The van der Waals surface area contributed by atoms with Gasteiger partial charge in [0, 0.05) is 11.1 Å². The number of sulfonamides is 1. The van der Waals surface area contributed by atoms with Crippen LogP contribution in [0.1, 0.15) is 21.9 Å². The third-order valence-electron chi connectivity index (χ3n) is 5.62. The molecule has 1 aliphatic heterocycles. The van der Waals surface area contributed by atoms with Gasteiger partial charge in [0.15, 0.2) is 0 Å². The van der Waals surface area contributed by atoms with Gasteiger partial charge in [-0.2, -0.15) is 0 Å². The third kappa shape index (κ3) is 4.55. The molecule has 0 aliphatic carbocycles. The van der Waals surface area contributed by atoms with Crippen LogP contribution in [0.15, 0.2) is 95.9 Å². The van der Waals surface area contributed by atoms with Crippen LogP contribution in [0.2, 0.25) is 0 Å². The van der Waals surface area contributed by atoms with E-state index in [1.807, 2.05) is 60.7 Å². The largest absolute Gasteiger partial charge is 0.286 e. The highest BCUT2D eigenvalue weighted by Gasteiger charge is 2.32. The van der Waals surface area contributed by atoms with Crippen LogP contribution in [0.3, 0.4) is 0 Å². The molecule has 1 unspecified atom stereocenters. The van der Waals surface area contributed by atoms with E-state index >= 15 is 0 Å². The van der Waals surface area contributed by atoms with Crippen molar-refractivity contribution in [2.75, 3.05) is 4.72 Å². The van der Waals surface area contributed by atoms with Gasteiger partial charge >= 0.3 is 0 Å². The first-order valence-electron chi connectivity index (χ1n) is 10.6. The predicted molar refractivity (Wildman–Crippen MR) is 134 cm³/mol. The van der Waals surface area contributed by atoms with Gasteiger partial charge in [0.1, 0.15) is 5.25 Å². The first-order chi connectivity index (χ1) is 16.4. The Labute approximate surface area is 201 Å². The Balaban J connectivity index is 1.28. The molecule has 4 aromatic rings. The maximum absolute atomic E-state index is 13.0. The van der Waals surface area contributed by atoms with Crippen molar-refractivity contribution in [2.45, 2.75) is 16.6 Å². The van der Waals surface area contributed by atoms with E-state index in [1.165, 1.54) is 0 Å². The molecule has 0 bridgehead atoms. The normalized spacial score (nSPS) is 15.9. The van der Waals surface area contributed by atoms with E-state index < -0.39 is 15.3 Å². The summed E-state index contributed by atoms with van der Waals surface area (Å²) < 4.78 is 28.7. The smallest absolute Gasteiger partial charge is 0.286 e. The fraction of sp³-hybridized carbons (Fsp3) is 0.0769. The Hall–Kier alpha value is -3.62. The van der Waals surface area contributed by atoms with Crippen LogP contribution in [0.5, 0.6) is 0 Å². The molecule has 4 aromatic carbocycles. The Morgan fingerprint density at radius 2 is 1.44 bits per heavy atom. The predicted octanol–water partition coefficient (Wildman–Crippen LogP) is 5.26. The number of imide groups is 1. The molecular formula is C26H20N2O4S2. The zero-order valence-electron chi connectivity index (χ0n) is 17.9. The van der Waals surface area contributed by atoms with Crippen molar-refractivity contribution in [1.29, 1.82) is 0 Å². The second-order valence-corrected chi connectivity index (χ2v) is 10.7. The van der Waals surface area contributed by atoms with Gasteiger partial charge in [-0.15, -0.1) is 0 Å². The number of amides is 2. The summed E-state index contributed by atoms with van der Waals surface area (Å²) in [6.45, 7) is 0. The first kappa shape index (κ1) is 22.2. The highest BCUT2D eigenvalue weighted by Crippen LogP contribution is 2.34. The summed E-state index contributed by atoms with van der Waals surface area (Å²) in [6, 6.07) is 27.5. The average Bonchev–Trinajstić information content (AvgIpc) is 3.18. The molecule has 6 nitrogen and oxygen atoms in total. The molecule has 1 atom stereocenters. The molecule has 170 valence electrons. The highest BCUT2D eigenvalue weighted by atomic mass is 32.2. The van der Waals surface area contributed by atoms with Crippen LogP contribution >= 0.6 is 11.8 Å². The minimum atomic E-state index is -3.74. The lowest BCUT2D eigenvalue weighted by atomic mass is 10.0. The van der Waals surface area contributed by atoms with E-state index in [1.54, 1.807) is 30.3 Å². The molecule has 1 saturated heterocycles.